The Bertz CT molecular complexity index is 596. The van der Waals surface area contributed by atoms with Gasteiger partial charge in [-0.3, -0.25) is 9.59 Å². The fourth-order valence-corrected chi connectivity index (χ4v) is 2.52. The monoisotopic (exact) mass is 348 g/mol. The molecule has 0 radical (unpaired) electrons. The standard InChI is InChI=1S/C19H28N2O4/c1-12(2)10-16(20-14(4)22)18(23)21-17(19(24)25-5)11-15-8-6-13(3)7-9-15/h6-9,12,16-17H,10-11H2,1-5H3,(H,20,22)(H,21,23)/t16-,17-/m0/s1. The molecule has 0 unspecified atom stereocenters. The van der Waals surface area contributed by atoms with E-state index in [1.165, 1.54) is 14.0 Å². The molecule has 0 fully saturated rings. The number of carbonyl (C=O) groups excluding carboxylic acids is 3. The highest BCUT2D eigenvalue weighted by atomic mass is 16.5. The highest BCUT2D eigenvalue weighted by Crippen LogP contribution is 2.09. The van der Waals surface area contributed by atoms with E-state index in [4.69, 9.17) is 4.74 Å². The van der Waals surface area contributed by atoms with E-state index in [9.17, 15) is 14.4 Å². The van der Waals surface area contributed by atoms with Crippen LogP contribution in [0.5, 0.6) is 0 Å². The van der Waals surface area contributed by atoms with Gasteiger partial charge in [0.15, 0.2) is 0 Å². The van der Waals surface area contributed by atoms with Crippen molar-refractivity contribution in [1.82, 2.24) is 10.6 Å². The fourth-order valence-electron chi connectivity index (χ4n) is 2.52. The van der Waals surface area contributed by atoms with E-state index in [0.717, 1.165) is 11.1 Å². The van der Waals surface area contributed by atoms with Crippen molar-refractivity contribution in [2.75, 3.05) is 7.11 Å². The number of benzene rings is 1. The molecule has 1 aromatic rings. The van der Waals surface area contributed by atoms with Crippen LogP contribution in [0.15, 0.2) is 24.3 Å². The van der Waals surface area contributed by atoms with Crippen LogP contribution < -0.4 is 10.6 Å². The van der Waals surface area contributed by atoms with Crippen LogP contribution in [0.4, 0.5) is 0 Å². The lowest BCUT2D eigenvalue weighted by Gasteiger charge is -2.23. The Kier molecular flexibility index (Phi) is 8.11. The van der Waals surface area contributed by atoms with Crippen molar-refractivity contribution in [2.24, 2.45) is 5.92 Å². The van der Waals surface area contributed by atoms with Crippen LogP contribution in [-0.2, 0) is 25.5 Å². The van der Waals surface area contributed by atoms with Crippen LogP contribution in [0, 0.1) is 12.8 Å². The molecule has 6 nitrogen and oxygen atoms in total. The molecule has 0 aliphatic rings. The second-order valence-corrected chi connectivity index (χ2v) is 6.66. The molecule has 0 saturated heterocycles. The predicted octanol–water partition coefficient (Wildman–Crippen LogP) is 1.75. The molecule has 25 heavy (non-hydrogen) atoms. The third-order valence-corrected chi connectivity index (χ3v) is 3.76. The average Bonchev–Trinajstić information content (AvgIpc) is 2.53. The molecule has 0 saturated carbocycles. The van der Waals surface area contributed by atoms with Gasteiger partial charge in [0.2, 0.25) is 11.8 Å². The number of aryl methyl sites for hydroxylation is 1. The summed E-state index contributed by atoms with van der Waals surface area (Å²) in [6, 6.07) is 6.24. The van der Waals surface area contributed by atoms with Crippen LogP contribution in [-0.4, -0.2) is 37.0 Å². The van der Waals surface area contributed by atoms with Gasteiger partial charge in [-0.2, -0.15) is 0 Å². The van der Waals surface area contributed by atoms with Crippen LogP contribution >= 0.6 is 0 Å². The Morgan fingerprint density at radius 1 is 1.04 bits per heavy atom. The third-order valence-electron chi connectivity index (χ3n) is 3.76. The minimum Gasteiger partial charge on any atom is -0.467 e. The maximum absolute atomic E-state index is 12.6. The summed E-state index contributed by atoms with van der Waals surface area (Å²) in [6.07, 6.45) is 0.816. The fraction of sp³-hybridized carbons (Fsp3) is 0.526. The molecule has 0 heterocycles. The Labute approximate surface area is 149 Å². The summed E-state index contributed by atoms with van der Waals surface area (Å²) in [7, 11) is 1.29. The van der Waals surface area contributed by atoms with E-state index in [2.05, 4.69) is 10.6 Å². The zero-order chi connectivity index (χ0) is 19.0. The van der Waals surface area contributed by atoms with Gasteiger partial charge in [0, 0.05) is 13.3 Å². The van der Waals surface area contributed by atoms with E-state index in [1.54, 1.807) is 0 Å². The summed E-state index contributed by atoms with van der Waals surface area (Å²) in [5.74, 6) is -0.961. The normalized spacial score (nSPS) is 13.0. The zero-order valence-corrected chi connectivity index (χ0v) is 15.6. The second kappa shape index (κ2) is 9.81. The SMILES string of the molecule is COC(=O)[C@H](Cc1ccc(C)cc1)NC(=O)[C@H](CC(C)C)NC(C)=O. The van der Waals surface area contributed by atoms with Gasteiger partial charge in [0.1, 0.15) is 12.1 Å². The molecule has 2 N–H and O–H groups in total. The highest BCUT2D eigenvalue weighted by molar-refractivity contribution is 5.90. The first-order chi connectivity index (χ1) is 11.7. The quantitative estimate of drug-likeness (QED) is 0.701. The Morgan fingerprint density at radius 2 is 1.64 bits per heavy atom. The molecule has 6 heteroatoms. The van der Waals surface area contributed by atoms with Crippen molar-refractivity contribution >= 4 is 17.8 Å². The van der Waals surface area contributed by atoms with Crippen molar-refractivity contribution < 1.29 is 19.1 Å². The lowest BCUT2D eigenvalue weighted by molar-refractivity contribution is -0.145. The van der Waals surface area contributed by atoms with E-state index in [0.29, 0.717) is 12.8 Å². The van der Waals surface area contributed by atoms with Crippen molar-refractivity contribution in [2.45, 2.75) is 52.6 Å². The van der Waals surface area contributed by atoms with Crippen LogP contribution in [0.25, 0.3) is 0 Å². The van der Waals surface area contributed by atoms with Gasteiger partial charge in [-0.1, -0.05) is 43.7 Å². The van der Waals surface area contributed by atoms with E-state index in [-0.39, 0.29) is 17.7 Å². The van der Waals surface area contributed by atoms with Gasteiger partial charge in [0.25, 0.3) is 0 Å². The number of hydrogen-bond donors (Lipinski definition) is 2. The molecule has 2 atom stereocenters. The summed E-state index contributed by atoms with van der Waals surface area (Å²) in [5.41, 5.74) is 2.03. The van der Waals surface area contributed by atoms with Crippen molar-refractivity contribution in [1.29, 1.82) is 0 Å². The summed E-state index contributed by atoms with van der Waals surface area (Å²) >= 11 is 0. The number of amides is 2. The number of esters is 1. The van der Waals surface area contributed by atoms with Gasteiger partial charge in [-0.05, 0) is 24.8 Å². The van der Waals surface area contributed by atoms with Gasteiger partial charge < -0.3 is 15.4 Å². The van der Waals surface area contributed by atoms with Crippen molar-refractivity contribution in [3.05, 3.63) is 35.4 Å². The van der Waals surface area contributed by atoms with Gasteiger partial charge >= 0.3 is 5.97 Å². The first kappa shape index (κ1) is 20.7. The molecule has 0 aliphatic carbocycles. The molecular weight excluding hydrogens is 320 g/mol. The van der Waals surface area contributed by atoms with Crippen LogP contribution in [0.2, 0.25) is 0 Å². The average molecular weight is 348 g/mol. The number of rotatable bonds is 8. The lowest BCUT2D eigenvalue weighted by Crippen LogP contribution is -2.52. The molecule has 1 aromatic carbocycles. The van der Waals surface area contributed by atoms with Crippen molar-refractivity contribution in [3.63, 3.8) is 0 Å². The van der Waals surface area contributed by atoms with Gasteiger partial charge in [-0.15, -0.1) is 0 Å². The Balaban J connectivity index is 2.87. The highest BCUT2D eigenvalue weighted by Gasteiger charge is 2.27. The number of carbonyl (C=O) groups is 3. The predicted molar refractivity (Wildman–Crippen MR) is 95.9 cm³/mol. The van der Waals surface area contributed by atoms with E-state index in [1.807, 2.05) is 45.0 Å². The minimum absolute atomic E-state index is 0.219. The Morgan fingerprint density at radius 3 is 2.12 bits per heavy atom. The first-order valence-electron chi connectivity index (χ1n) is 8.43. The van der Waals surface area contributed by atoms with Crippen LogP contribution in [0.3, 0.4) is 0 Å². The summed E-state index contributed by atoms with van der Waals surface area (Å²) in [6.45, 7) is 7.27. The maximum atomic E-state index is 12.6. The molecule has 2 amide bonds. The molecule has 1 rings (SSSR count). The maximum Gasteiger partial charge on any atom is 0.328 e. The molecule has 0 spiro atoms. The third kappa shape index (κ3) is 7.37. The smallest absolute Gasteiger partial charge is 0.328 e. The van der Waals surface area contributed by atoms with Crippen molar-refractivity contribution in [3.8, 4) is 0 Å². The van der Waals surface area contributed by atoms with E-state index >= 15 is 0 Å². The summed E-state index contributed by atoms with van der Waals surface area (Å²) in [4.78, 5) is 36.0. The van der Waals surface area contributed by atoms with Crippen LogP contribution in [0.1, 0.15) is 38.3 Å². The Hall–Kier alpha value is -2.37. The number of hydrogen-bond acceptors (Lipinski definition) is 4. The topological polar surface area (TPSA) is 84.5 Å². The molecule has 0 aliphatic heterocycles. The summed E-state index contributed by atoms with van der Waals surface area (Å²) < 4.78 is 4.81. The summed E-state index contributed by atoms with van der Waals surface area (Å²) in [5, 5.41) is 5.35. The minimum atomic E-state index is -0.802. The second-order valence-electron chi connectivity index (χ2n) is 6.66. The first-order valence-corrected chi connectivity index (χ1v) is 8.43. The molecule has 0 aromatic heterocycles. The largest absolute Gasteiger partial charge is 0.467 e. The molecule has 0 bridgehead atoms. The van der Waals surface area contributed by atoms with E-state index < -0.39 is 18.1 Å². The number of ether oxygens (including phenoxy) is 1. The molecular formula is C19H28N2O4. The number of methoxy groups -OCH3 is 1. The molecule has 138 valence electrons. The van der Waals surface area contributed by atoms with Gasteiger partial charge in [0.05, 0.1) is 7.11 Å². The zero-order valence-electron chi connectivity index (χ0n) is 15.6. The number of nitrogens with one attached hydrogen (secondary N) is 2. The lowest BCUT2D eigenvalue weighted by atomic mass is 10.0. The van der Waals surface area contributed by atoms with Gasteiger partial charge in [-0.25, -0.2) is 4.79 Å².